The zero-order chi connectivity index (χ0) is 21.8. The smallest absolute Gasteiger partial charge is 0.266 e. The Bertz CT molecular complexity index is 1780. The lowest BCUT2D eigenvalue weighted by molar-refractivity contribution is 0.669. The number of furan rings is 1. The largest absolute Gasteiger partial charge is 0.456 e. The highest BCUT2D eigenvalue weighted by Crippen LogP contribution is 2.37. The van der Waals surface area contributed by atoms with Crippen LogP contribution in [0.25, 0.3) is 60.3 Å². The summed E-state index contributed by atoms with van der Waals surface area (Å²) in [6.45, 7) is 5.83. The van der Waals surface area contributed by atoms with E-state index in [1.165, 1.54) is 11.3 Å². The normalized spacial score (nSPS) is 12.0. The Hall–Kier alpha value is -3.96. The molecule has 3 aromatic carbocycles. The minimum Gasteiger partial charge on any atom is -0.456 e. The first-order chi connectivity index (χ1) is 15.7. The van der Waals surface area contributed by atoms with Gasteiger partial charge in [0.05, 0.1) is 16.8 Å². The molecule has 0 aliphatic rings. The molecule has 154 valence electrons. The maximum Gasteiger partial charge on any atom is 0.266 e. The van der Waals surface area contributed by atoms with Crippen LogP contribution in [-0.4, -0.2) is 9.38 Å². The SMILES string of the molecule is C=Cc1c(/C=C\C)nc2sc3ccc(-c4cccc5oc6ccccc6c45)cc3c(=O)n12. The molecule has 0 bridgehead atoms. The molecule has 0 aliphatic heterocycles. The molecule has 5 heteroatoms. The van der Waals surface area contributed by atoms with Crippen LogP contribution in [0.2, 0.25) is 0 Å². The fourth-order valence-corrected chi connectivity index (χ4v) is 5.36. The van der Waals surface area contributed by atoms with E-state index in [0.29, 0.717) is 10.3 Å². The molecule has 0 amide bonds. The molecule has 0 atom stereocenters. The Morgan fingerprint density at radius 3 is 2.72 bits per heavy atom. The van der Waals surface area contributed by atoms with Crippen molar-refractivity contribution >= 4 is 60.5 Å². The van der Waals surface area contributed by atoms with Crippen LogP contribution in [0.5, 0.6) is 0 Å². The van der Waals surface area contributed by atoms with Gasteiger partial charge in [0.1, 0.15) is 11.2 Å². The average molecular weight is 435 g/mol. The molecular formula is C27H18N2O2S. The summed E-state index contributed by atoms with van der Waals surface area (Å²) in [7, 11) is 0. The summed E-state index contributed by atoms with van der Waals surface area (Å²) < 4.78 is 8.62. The van der Waals surface area contributed by atoms with Crippen LogP contribution in [0.4, 0.5) is 0 Å². The molecule has 4 nitrogen and oxygen atoms in total. The van der Waals surface area contributed by atoms with Crippen LogP contribution in [0, 0.1) is 0 Å². The maximum absolute atomic E-state index is 13.5. The van der Waals surface area contributed by atoms with Crippen molar-refractivity contribution in [3.8, 4) is 11.1 Å². The van der Waals surface area contributed by atoms with Crippen LogP contribution in [0.3, 0.4) is 0 Å². The van der Waals surface area contributed by atoms with E-state index in [0.717, 1.165) is 49.2 Å². The third-order valence-corrected chi connectivity index (χ3v) is 6.79. The van der Waals surface area contributed by atoms with Crippen LogP contribution in [-0.2, 0) is 0 Å². The van der Waals surface area contributed by atoms with E-state index in [9.17, 15) is 4.79 Å². The lowest BCUT2D eigenvalue weighted by atomic mass is 9.99. The van der Waals surface area contributed by atoms with Crippen LogP contribution < -0.4 is 5.56 Å². The van der Waals surface area contributed by atoms with Gasteiger partial charge in [-0.05, 0) is 54.5 Å². The summed E-state index contributed by atoms with van der Waals surface area (Å²) >= 11 is 1.51. The monoisotopic (exact) mass is 434 g/mol. The van der Waals surface area contributed by atoms with Crippen LogP contribution in [0.1, 0.15) is 18.3 Å². The lowest BCUT2D eigenvalue weighted by Crippen LogP contribution is -2.13. The van der Waals surface area contributed by atoms with Gasteiger partial charge < -0.3 is 4.42 Å². The summed E-state index contributed by atoms with van der Waals surface area (Å²) in [6.07, 6.45) is 5.51. The van der Waals surface area contributed by atoms with Gasteiger partial charge >= 0.3 is 0 Å². The summed E-state index contributed by atoms with van der Waals surface area (Å²) in [5.41, 5.74) is 5.10. The Kier molecular flexibility index (Phi) is 4.13. The quantitative estimate of drug-likeness (QED) is 0.297. The number of hydrogen-bond acceptors (Lipinski definition) is 4. The van der Waals surface area contributed by atoms with Gasteiger partial charge in [0.15, 0.2) is 4.96 Å². The third kappa shape index (κ3) is 2.61. The molecule has 0 saturated carbocycles. The van der Waals surface area contributed by atoms with Gasteiger partial charge in [-0.15, -0.1) is 0 Å². The topological polar surface area (TPSA) is 47.5 Å². The fraction of sp³-hybridized carbons (Fsp3) is 0.0370. The second-order valence-corrected chi connectivity index (χ2v) is 8.61. The van der Waals surface area contributed by atoms with E-state index in [-0.39, 0.29) is 5.56 Å². The zero-order valence-corrected chi connectivity index (χ0v) is 18.1. The molecule has 3 heterocycles. The summed E-state index contributed by atoms with van der Waals surface area (Å²) in [5, 5.41) is 2.79. The van der Waals surface area contributed by atoms with Gasteiger partial charge in [0.25, 0.3) is 5.56 Å². The second-order valence-electron chi connectivity index (χ2n) is 7.60. The average Bonchev–Trinajstić information content (AvgIpc) is 3.37. The van der Waals surface area contributed by atoms with E-state index in [1.807, 2.05) is 61.5 Å². The van der Waals surface area contributed by atoms with Crippen molar-refractivity contribution in [1.82, 2.24) is 9.38 Å². The van der Waals surface area contributed by atoms with E-state index in [1.54, 1.807) is 10.5 Å². The molecule has 0 radical (unpaired) electrons. The number of para-hydroxylation sites is 1. The van der Waals surface area contributed by atoms with Crippen molar-refractivity contribution < 1.29 is 4.42 Å². The summed E-state index contributed by atoms with van der Waals surface area (Å²) in [4.78, 5) is 18.8. The fourth-order valence-electron chi connectivity index (χ4n) is 4.36. The number of aromatic nitrogens is 2. The molecule has 0 saturated heterocycles. The van der Waals surface area contributed by atoms with Crippen molar-refractivity contribution in [2.75, 3.05) is 0 Å². The standard InChI is InChI=1S/C27H18N2O2S/c1-3-8-20-21(4-2)29-26(30)19-15-16(13-14-24(19)32-27(29)28-20)17-10-7-12-23-25(17)18-9-5-6-11-22(18)31-23/h3-15H,2H2,1H3/b8-3-. The van der Waals surface area contributed by atoms with Crippen molar-refractivity contribution in [2.24, 2.45) is 0 Å². The van der Waals surface area contributed by atoms with Gasteiger partial charge in [-0.2, -0.15) is 0 Å². The predicted molar refractivity (Wildman–Crippen MR) is 134 cm³/mol. The van der Waals surface area contributed by atoms with Gasteiger partial charge in [0.2, 0.25) is 0 Å². The number of imidazole rings is 1. The van der Waals surface area contributed by atoms with Gasteiger partial charge in [-0.1, -0.05) is 60.4 Å². The first-order valence-electron chi connectivity index (χ1n) is 10.3. The lowest BCUT2D eigenvalue weighted by Gasteiger charge is -2.06. The Balaban J connectivity index is 1.67. The van der Waals surface area contributed by atoms with E-state index in [4.69, 9.17) is 4.42 Å². The van der Waals surface area contributed by atoms with Crippen molar-refractivity contribution in [2.45, 2.75) is 6.92 Å². The molecule has 32 heavy (non-hydrogen) atoms. The number of hydrogen-bond donors (Lipinski definition) is 0. The number of allylic oxidation sites excluding steroid dienone is 1. The van der Waals surface area contributed by atoms with E-state index in [2.05, 4.69) is 29.8 Å². The summed E-state index contributed by atoms with van der Waals surface area (Å²) in [5.74, 6) is 0. The zero-order valence-electron chi connectivity index (χ0n) is 17.3. The minimum atomic E-state index is -0.0852. The predicted octanol–water partition coefficient (Wildman–Crippen LogP) is 7.15. The van der Waals surface area contributed by atoms with Gasteiger partial charge in [0, 0.05) is 15.5 Å². The molecule has 0 spiro atoms. The first kappa shape index (κ1) is 18.8. The van der Waals surface area contributed by atoms with Gasteiger partial charge in [-0.3, -0.25) is 4.79 Å². The van der Waals surface area contributed by atoms with E-state index >= 15 is 0 Å². The third-order valence-electron chi connectivity index (χ3n) is 5.76. The highest BCUT2D eigenvalue weighted by molar-refractivity contribution is 7.23. The maximum atomic E-state index is 13.5. The number of benzene rings is 3. The Morgan fingerprint density at radius 2 is 1.88 bits per heavy atom. The molecule has 3 aromatic heterocycles. The summed E-state index contributed by atoms with van der Waals surface area (Å²) in [6, 6.07) is 20.1. The molecule has 0 aliphatic carbocycles. The Morgan fingerprint density at radius 1 is 1.03 bits per heavy atom. The molecular weight excluding hydrogens is 416 g/mol. The number of rotatable bonds is 3. The highest BCUT2D eigenvalue weighted by atomic mass is 32.1. The second kappa shape index (κ2) is 7.04. The van der Waals surface area contributed by atoms with Crippen molar-refractivity contribution in [1.29, 1.82) is 0 Å². The van der Waals surface area contributed by atoms with Crippen molar-refractivity contribution in [3.63, 3.8) is 0 Å². The molecule has 0 unspecified atom stereocenters. The van der Waals surface area contributed by atoms with E-state index < -0.39 is 0 Å². The first-order valence-corrected chi connectivity index (χ1v) is 11.2. The number of fused-ring (bicyclic) bond motifs is 5. The molecule has 0 N–H and O–H groups in total. The number of nitrogens with zero attached hydrogens (tertiary/aromatic N) is 2. The Labute approximate surface area is 187 Å². The molecule has 0 fully saturated rings. The van der Waals surface area contributed by atoms with Crippen LogP contribution in [0.15, 0.2) is 82.5 Å². The van der Waals surface area contributed by atoms with Crippen LogP contribution >= 0.6 is 11.3 Å². The highest BCUT2D eigenvalue weighted by Gasteiger charge is 2.16. The van der Waals surface area contributed by atoms with Gasteiger partial charge in [-0.25, -0.2) is 9.38 Å². The molecule has 6 aromatic rings. The molecule has 6 rings (SSSR count). The minimum absolute atomic E-state index is 0.0852. The van der Waals surface area contributed by atoms with Crippen molar-refractivity contribution in [3.05, 3.63) is 95.1 Å².